The summed E-state index contributed by atoms with van der Waals surface area (Å²) in [5, 5.41) is 21.3. The van der Waals surface area contributed by atoms with Crippen LogP contribution in [-0.4, -0.2) is 30.9 Å². The largest absolute Gasteiger partial charge is 0.507 e. The van der Waals surface area contributed by atoms with Crippen LogP contribution in [0.15, 0.2) is 88.0 Å². The van der Waals surface area contributed by atoms with Crippen molar-refractivity contribution in [3.05, 3.63) is 105 Å². The van der Waals surface area contributed by atoms with Gasteiger partial charge in [0.2, 0.25) is 0 Å². The van der Waals surface area contributed by atoms with Crippen LogP contribution < -0.4 is 14.4 Å². The monoisotopic (exact) mass is 572 g/mol. The summed E-state index contributed by atoms with van der Waals surface area (Å²) < 4.78 is 12.2. The highest BCUT2D eigenvalue weighted by atomic mass is 79.9. The Bertz CT molecular complexity index is 1470. The van der Waals surface area contributed by atoms with Crippen molar-refractivity contribution in [1.29, 1.82) is 5.41 Å². The molecule has 0 bridgehead atoms. The van der Waals surface area contributed by atoms with Crippen LogP contribution in [0.1, 0.15) is 41.9 Å². The van der Waals surface area contributed by atoms with Gasteiger partial charge >= 0.3 is 0 Å². The Morgan fingerprint density at radius 1 is 1.00 bits per heavy atom. The Labute approximate surface area is 230 Å². The highest BCUT2D eigenvalue weighted by molar-refractivity contribution is 9.10. The quantitative estimate of drug-likeness (QED) is 0.313. The van der Waals surface area contributed by atoms with E-state index in [0.29, 0.717) is 53.0 Å². The molecule has 2 N–H and O–H groups in total. The number of nitrogens with zero attached hydrogens (tertiary/aromatic N) is 1. The van der Waals surface area contributed by atoms with E-state index in [-0.39, 0.29) is 17.4 Å². The molecule has 3 aromatic carbocycles. The summed E-state index contributed by atoms with van der Waals surface area (Å²) in [6.45, 7) is 1.98. The van der Waals surface area contributed by atoms with Crippen LogP contribution in [0.5, 0.6) is 11.5 Å². The Kier molecular flexibility index (Phi) is 7.13. The predicted octanol–water partition coefficient (Wildman–Crippen LogP) is 7.33. The van der Waals surface area contributed by atoms with Gasteiger partial charge in [-0.2, -0.15) is 0 Å². The van der Waals surface area contributed by atoms with Crippen LogP contribution in [-0.2, 0) is 4.79 Å². The number of anilines is 1. The zero-order valence-electron chi connectivity index (χ0n) is 21.5. The number of allylic oxidation sites excluding steroid dienone is 2. The topological polar surface area (TPSA) is 82.9 Å². The van der Waals surface area contributed by atoms with Gasteiger partial charge in [0.25, 0.3) is 0 Å². The first-order valence-electron chi connectivity index (χ1n) is 12.5. The van der Waals surface area contributed by atoms with E-state index in [9.17, 15) is 15.3 Å². The van der Waals surface area contributed by atoms with Gasteiger partial charge in [-0.15, -0.1) is 0 Å². The summed E-state index contributed by atoms with van der Waals surface area (Å²) in [4.78, 5) is 15.5. The van der Waals surface area contributed by atoms with Crippen LogP contribution >= 0.6 is 15.9 Å². The molecule has 0 unspecified atom stereocenters. The van der Waals surface area contributed by atoms with Crippen molar-refractivity contribution in [3.63, 3.8) is 0 Å². The summed E-state index contributed by atoms with van der Waals surface area (Å²) >= 11 is 3.49. The second-order valence-corrected chi connectivity index (χ2v) is 10.4. The third-order valence-electron chi connectivity index (χ3n) is 7.17. The van der Waals surface area contributed by atoms with Gasteiger partial charge in [0, 0.05) is 44.6 Å². The van der Waals surface area contributed by atoms with Gasteiger partial charge in [0.05, 0.1) is 20.1 Å². The average molecular weight is 573 g/mol. The van der Waals surface area contributed by atoms with E-state index in [1.54, 1.807) is 26.4 Å². The van der Waals surface area contributed by atoms with E-state index >= 15 is 0 Å². The number of benzene rings is 3. The molecule has 2 aliphatic rings. The van der Waals surface area contributed by atoms with Crippen LogP contribution in [0.2, 0.25) is 0 Å². The summed E-state index contributed by atoms with van der Waals surface area (Å²) in [5.41, 5.74) is 4.76. The number of carbonyl (C=O) groups is 1. The van der Waals surface area contributed by atoms with Gasteiger partial charge in [0.1, 0.15) is 23.1 Å². The molecule has 1 heterocycles. The van der Waals surface area contributed by atoms with Crippen LogP contribution in [0.4, 0.5) is 5.69 Å². The molecule has 1 aliphatic heterocycles. The van der Waals surface area contributed by atoms with Crippen molar-refractivity contribution < 1.29 is 19.4 Å². The maximum atomic E-state index is 13.7. The molecule has 0 amide bonds. The van der Waals surface area contributed by atoms with Crippen molar-refractivity contribution in [3.8, 4) is 11.5 Å². The number of rotatable bonds is 5. The predicted molar refractivity (Wildman–Crippen MR) is 153 cm³/mol. The minimum atomic E-state index is -0.705. The molecule has 38 heavy (non-hydrogen) atoms. The number of aliphatic hydroxyl groups is 1. The molecule has 6 nitrogen and oxygen atoms in total. The highest BCUT2D eigenvalue weighted by Gasteiger charge is 2.44. The average Bonchev–Trinajstić information content (AvgIpc) is 2.93. The number of ketones is 1. The lowest BCUT2D eigenvalue weighted by atomic mass is 9.73. The lowest BCUT2D eigenvalue weighted by molar-refractivity contribution is -0.116. The molecule has 7 heteroatoms. The van der Waals surface area contributed by atoms with E-state index < -0.39 is 5.92 Å². The summed E-state index contributed by atoms with van der Waals surface area (Å²) in [6, 6.07) is 20.6. The fraction of sp³-hybridized carbons (Fsp3) is 0.226. The number of carbonyl (C=O) groups excluding carboxylic acids is 1. The molecular formula is C31H29BrN2O4. The van der Waals surface area contributed by atoms with Crippen molar-refractivity contribution in [2.45, 2.75) is 32.1 Å². The first-order valence-corrected chi connectivity index (χ1v) is 13.3. The van der Waals surface area contributed by atoms with Crippen LogP contribution in [0, 0.1) is 12.3 Å². The molecule has 0 saturated carbocycles. The Morgan fingerprint density at radius 3 is 2.37 bits per heavy atom. The van der Waals surface area contributed by atoms with Crippen molar-refractivity contribution in [1.82, 2.24) is 0 Å². The number of amidine groups is 1. The minimum Gasteiger partial charge on any atom is -0.507 e. The summed E-state index contributed by atoms with van der Waals surface area (Å²) in [5.74, 6) is 0.529. The fourth-order valence-electron chi connectivity index (χ4n) is 5.31. The van der Waals surface area contributed by atoms with Gasteiger partial charge in [-0.05, 0) is 62.2 Å². The third-order valence-corrected chi connectivity index (χ3v) is 7.70. The minimum absolute atomic E-state index is 0.00457. The Hall–Kier alpha value is -3.84. The lowest BCUT2D eigenvalue weighted by Gasteiger charge is -2.42. The summed E-state index contributed by atoms with van der Waals surface area (Å²) in [7, 11) is 3.16. The number of aryl methyl sites for hydroxylation is 1. The highest BCUT2D eigenvalue weighted by Crippen LogP contribution is 2.50. The number of Topliss-reactive ketones (excluding diaryl/α,β-unsaturated/α-hetero) is 1. The van der Waals surface area contributed by atoms with E-state index in [1.807, 2.05) is 66.4 Å². The van der Waals surface area contributed by atoms with Crippen molar-refractivity contribution in [2.24, 2.45) is 0 Å². The maximum absolute atomic E-state index is 13.7. The number of nitrogens with one attached hydrogen (secondary N) is 1. The van der Waals surface area contributed by atoms with Crippen LogP contribution in [0.25, 0.3) is 5.76 Å². The van der Waals surface area contributed by atoms with E-state index in [4.69, 9.17) is 9.47 Å². The molecule has 1 aliphatic carbocycles. The third kappa shape index (κ3) is 4.52. The standard InChI is InChI=1S/C31H29BrN2O4/c1-18-7-9-19(10-8-18)30(36)29-27(23-17-22(37-2)15-16-26(23)38-3)28-24(5-4-6-25(28)35)34(31(29)33)21-13-11-20(32)12-14-21/h7-17,27,33,36H,4-6H2,1-3H3/b30-29+,33-31?/t27-/m1/s1. The fourth-order valence-corrected chi connectivity index (χ4v) is 5.57. The summed E-state index contributed by atoms with van der Waals surface area (Å²) in [6.07, 6.45) is 1.74. The first-order chi connectivity index (χ1) is 18.3. The van der Waals surface area contributed by atoms with Crippen molar-refractivity contribution in [2.75, 3.05) is 19.1 Å². The molecule has 0 saturated heterocycles. The van der Waals surface area contributed by atoms with Gasteiger partial charge < -0.3 is 14.6 Å². The van der Waals surface area contributed by atoms with Gasteiger partial charge in [-0.25, -0.2) is 0 Å². The molecule has 3 aromatic rings. The van der Waals surface area contributed by atoms with Gasteiger partial charge in [0.15, 0.2) is 5.78 Å². The second-order valence-electron chi connectivity index (χ2n) is 9.47. The first kappa shape index (κ1) is 25.8. The van der Waals surface area contributed by atoms with E-state index in [2.05, 4.69) is 15.9 Å². The van der Waals surface area contributed by atoms with Gasteiger partial charge in [-0.1, -0.05) is 45.8 Å². The molecule has 0 aromatic heterocycles. The number of methoxy groups -OCH3 is 2. The zero-order valence-corrected chi connectivity index (χ0v) is 23.1. The lowest BCUT2D eigenvalue weighted by Crippen LogP contribution is -2.42. The molecule has 194 valence electrons. The maximum Gasteiger partial charge on any atom is 0.161 e. The zero-order chi connectivity index (χ0) is 27.0. The van der Waals surface area contributed by atoms with Crippen LogP contribution in [0.3, 0.4) is 0 Å². The molecular weight excluding hydrogens is 544 g/mol. The normalized spacial score (nSPS) is 18.8. The van der Waals surface area contributed by atoms with Crippen molar-refractivity contribution >= 4 is 39.0 Å². The number of aliphatic hydroxyl groups excluding tert-OH is 1. The number of ether oxygens (including phenoxy) is 2. The van der Waals surface area contributed by atoms with E-state index in [1.165, 1.54) is 0 Å². The van der Waals surface area contributed by atoms with Gasteiger partial charge in [-0.3, -0.25) is 15.1 Å². The Morgan fingerprint density at radius 2 is 1.71 bits per heavy atom. The van der Waals surface area contributed by atoms with E-state index in [0.717, 1.165) is 21.4 Å². The Balaban J connectivity index is 1.86. The second kappa shape index (κ2) is 10.5. The number of hydrogen-bond donors (Lipinski definition) is 2. The molecule has 0 spiro atoms. The number of hydrogen-bond acceptors (Lipinski definition) is 5. The molecule has 1 atom stereocenters. The smallest absolute Gasteiger partial charge is 0.161 e. The SMILES string of the molecule is COc1ccc(OC)c([C@@H]2C3=C(CCCC3=O)N(c3ccc(Br)cc3)C(=N)/C2=C(/O)c2ccc(C)cc2)c1. The molecule has 0 radical (unpaired) electrons. The molecule has 0 fully saturated rings. The number of halogens is 1. The molecule has 5 rings (SSSR count).